The van der Waals surface area contributed by atoms with E-state index in [9.17, 15) is 9.59 Å². The number of aromatic nitrogens is 3. The van der Waals surface area contributed by atoms with E-state index in [1.54, 1.807) is 23.2 Å². The molecule has 0 atom stereocenters. The summed E-state index contributed by atoms with van der Waals surface area (Å²) in [5.41, 5.74) is 4.43. The van der Waals surface area contributed by atoms with Crippen molar-refractivity contribution in [1.29, 1.82) is 0 Å². The van der Waals surface area contributed by atoms with Crippen molar-refractivity contribution in [1.82, 2.24) is 15.0 Å². The Balaban J connectivity index is 1.34. The number of amides is 1. The molecule has 9 heteroatoms. The predicted octanol–water partition coefficient (Wildman–Crippen LogP) is 3.83. The fraction of sp³-hybridized carbons (Fsp3) is 0.182. The van der Waals surface area contributed by atoms with Gasteiger partial charge in [-0.3, -0.25) is 9.78 Å². The molecule has 0 aliphatic heterocycles. The average Bonchev–Trinajstić information content (AvgIpc) is 3.52. The lowest BCUT2D eigenvalue weighted by Crippen LogP contribution is -2.23. The molecule has 1 saturated carbocycles. The van der Waals surface area contributed by atoms with Crippen LogP contribution in [0.15, 0.2) is 57.9 Å². The molecule has 1 amide bonds. The van der Waals surface area contributed by atoms with Gasteiger partial charge in [-0.2, -0.15) is 4.98 Å². The van der Waals surface area contributed by atoms with Gasteiger partial charge in [0.25, 0.3) is 0 Å². The summed E-state index contributed by atoms with van der Waals surface area (Å²) in [5, 5.41) is 6.44. The summed E-state index contributed by atoms with van der Waals surface area (Å²) in [6, 6.07) is 13.2. The van der Waals surface area contributed by atoms with Crippen LogP contribution in [-0.4, -0.2) is 27.4 Å². The molecule has 3 N–H and O–H groups in total. The van der Waals surface area contributed by atoms with Crippen molar-refractivity contribution in [3.05, 3.63) is 64.8 Å². The third-order valence-corrected chi connectivity index (χ3v) is 5.13. The second-order valence-electron chi connectivity index (χ2n) is 7.49. The van der Waals surface area contributed by atoms with Crippen molar-refractivity contribution in [3.63, 3.8) is 0 Å². The van der Waals surface area contributed by atoms with Gasteiger partial charge in [0.05, 0.1) is 5.52 Å². The molecule has 5 rings (SSSR count). The molecule has 0 saturated heterocycles. The highest BCUT2D eigenvalue weighted by atomic mass is 16.4. The van der Waals surface area contributed by atoms with Crippen LogP contribution in [0.1, 0.15) is 18.4 Å². The van der Waals surface area contributed by atoms with E-state index in [0.717, 1.165) is 41.9 Å². The van der Waals surface area contributed by atoms with Crippen LogP contribution >= 0.6 is 0 Å². The number of aryl methyl sites for hydroxylation is 1. The van der Waals surface area contributed by atoms with Gasteiger partial charge in [-0.25, -0.2) is 9.78 Å². The van der Waals surface area contributed by atoms with Crippen LogP contribution in [0.4, 0.5) is 28.8 Å². The molecule has 1 aliphatic carbocycles. The van der Waals surface area contributed by atoms with Crippen molar-refractivity contribution in [3.8, 4) is 0 Å². The zero-order valence-corrected chi connectivity index (χ0v) is 16.8. The summed E-state index contributed by atoms with van der Waals surface area (Å²) < 4.78 is 5.03. The number of rotatable bonds is 7. The minimum absolute atomic E-state index is 0.324. The summed E-state index contributed by atoms with van der Waals surface area (Å²) in [6.45, 7) is 1.91. The third-order valence-electron chi connectivity index (χ3n) is 5.13. The van der Waals surface area contributed by atoms with E-state index in [4.69, 9.17) is 4.42 Å². The molecule has 2 aromatic carbocycles. The van der Waals surface area contributed by atoms with E-state index in [2.05, 4.69) is 25.6 Å². The minimum Gasteiger partial charge on any atom is -0.408 e. The number of anilines is 5. The van der Waals surface area contributed by atoms with E-state index in [0.29, 0.717) is 28.9 Å². The molecule has 0 radical (unpaired) electrons. The van der Waals surface area contributed by atoms with Crippen molar-refractivity contribution < 1.29 is 9.21 Å². The molecule has 0 spiro atoms. The number of aromatic amines is 1. The van der Waals surface area contributed by atoms with Gasteiger partial charge in [0.15, 0.2) is 5.58 Å². The van der Waals surface area contributed by atoms with E-state index < -0.39 is 5.76 Å². The van der Waals surface area contributed by atoms with Crippen molar-refractivity contribution in [2.45, 2.75) is 25.8 Å². The van der Waals surface area contributed by atoms with Gasteiger partial charge in [0.2, 0.25) is 12.4 Å². The van der Waals surface area contributed by atoms with Gasteiger partial charge in [0.1, 0.15) is 5.82 Å². The average molecular weight is 416 g/mol. The minimum atomic E-state index is -0.490. The van der Waals surface area contributed by atoms with E-state index in [-0.39, 0.29) is 0 Å². The van der Waals surface area contributed by atoms with Gasteiger partial charge < -0.3 is 20.0 Å². The SMILES string of the molecule is Cc1cnc(Nc2ccc(N(C=O)C3CC3)cc2)nc1Nc1ccc2oc(=O)[nH]c2c1. The molecule has 1 fully saturated rings. The lowest BCUT2D eigenvalue weighted by molar-refractivity contribution is -0.107. The quantitative estimate of drug-likeness (QED) is 0.392. The number of carbonyl (C=O) groups is 1. The monoisotopic (exact) mass is 416 g/mol. The molecule has 0 bridgehead atoms. The van der Waals surface area contributed by atoms with Gasteiger partial charge in [0, 0.05) is 34.9 Å². The third kappa shape index (κ3) is 3.97. The van der Waals surface area contributed by atoms with Gasteiger partial charge in [-0.1, -0.05) is 0 Å². The fourth-order valence-electron chi connectivity index (χ4n) is 3.35. The molecule has 156 valence electrons. The highest BCUT2D eigenvalue weighted by Gasteiger charge is 2.28. The second-order valence-corrected chi connectivity index (χ2v) is 7.49. The molecule has 2 heterocycles. The topological polar surface area (TPSA) is 116 Å². The van der Waals surface area contributed by atoms with E-state index in [1.807, 2.05) is 37.3 Å². The van der Waals surface area contributed by atoms with Crippen LogP contribution in [0, 0.1) is 6.92 Å². The maximum absolute atomic E-state index is 11.4. The van der Waals surface area contributed by atoms with Crippen LogP contribution < -0.4 is 21.3 Å². The second kappa shape index (κ2) is 7.60. The summed E-state index contributed by atoms with van der Waals surface area (Å²) in [6.07, 6.45) is 4.72. The first-order valence-corrected chi connectivity index (χ1v) is 9.93. The Morgan fingerprint density at radius 3 is 2.65 bits per heavy atom. The normalized spacial score (nSPS) is 13.2. The Hall–Kier alpha value is -4.14. The van der Waals surface area contributed by atoms with Crippen molar-refractivity contribution in [2.75, 3.05) is 15.5 Å². The van der Waals surface area contributed by atoms with Crippen LogP contribution in [0.5, 0.6) is 0 Å². The van der Waals surface area contributed by atoms with Gasteiger partial charge in [-0.15, -0.1) is 0 Å². The number of benzene rings is 2. The summed E-state index contributed by atoms with van der Waals surface area (Å²) >= 11 is 0. The molecule has 2 aromatic heterocycles. The lowest BCUT2D eigenvalue weighted by atomic mass is 10.2. The largest absolute Gasteiger partial charge is 0.417 e. The first-order chi connectivity index (χ1) is 15.1. The summed E-state index contributed by atoms with van der Waals surface area (Å²) in [7, 11) is 0. The zero-order valence-electron chi connectivity index (χ0n) is 16.8. The Kier molecular flexibility index (Phi) is 4.62. The maximum atomic E-state index is 11.4. The first-order valence-electron chi connectivity index (χ1n) is 9.93. The number of oxazole rings is 1. The van der Waals surface area contributed by atoms with Gasteiger partial charge >= 0.3 is 5.76 Å². The van der Waals surface area contributed by atoms with E-state index >= 15 is 0 Å². The standard InChI is InChI=1S/C22H20N6O3/c1-13-11-23-21(25-14-2-5-16(6-3-14)28(12-29)17-7-8-17)27-20(13)24-15-4-9-19-18(10-15)26-22(30)31-19/h2-6,9-12,17H,7-8H2,1H3,(H,26,30)(H2,23,24,25,27). The summed E-state index contributed by atoms with van der Waals surface area (Å²) in [4.78, 5) is 36.0. The Morgan fingerprint density at radius 1 is 1.13 bits per heavy atom. The number of carbonyl (C=O) groups excluding carboxylic acids is 1. The van der Waals surface area contributed by atoms with Gasteiger partial charge in [-0.05, 0) is 62.2 Å². The fourth-order valence-corrected chi connectivity index (χ4v) is 3.35. The molecular weight excluding hydrogens is 396 g/mol. The predicted molar refractivity (Wildman–Crippen MR) is 118 cm³/mol. The molecule has 1 aliphatic rings. The highest BCUT2D eigenvalue weighted by Crippen LogP contribution is 2.31. The maximum Gasteiger partial charge on any atom is 0.417 e. The number of nitrogens with one attached hydrogen (secondary N) is 3. The number of hydrogen-bond donors (Lipinski definition) is 3. The van der Waals surface area contributed by atoms with Crippen LogP contribution in [0.3, 0.4) is 0 Å². The molecule has 0 unspecified atom stereocenters. The first kappa shape index (κ1) is 18.9. The number of fused-ring (bicyclic) bond motifs is 1. The van der Waals surface area contributed by atoms with Crippen molar-refractivity contribution in [2.24, 2.45) is 0 Å². The zero-order chi connectivity index (χ0) is 21.4. The van der Waals surface area contributed by atoms with Crippen LogP contribution in [0.25, 0.3) is 11.1 Å². The molecule has 31 heavy (non-hydrogen) atoms. The number of nitrogens with zero attached hydrogens (tertiary/aromatic N) is 3. The van der Waals surface area contributed by atoms with E-state index in [1.165, 1.54) is 0 Å². The lowest BCUT2D eigenvalue weighted by Gasteiger charge is -2.17. The molecule has 4 aromatic rings. The van der Waals surface area contributed by atoms with Crippen molar-refractivity contribution >= 4 is 46.3 Å². The Labute approximate surface area is 177 Å². The Bertz CT molecular complexity index is 1310. The van der Waals surface area contributed by atoms with Crippen LogP contribution in [0.2, 0.25) is 0 Å². The number of hydrogen-bond acceptors (Lipinski definition) is 7. The van der Waals surface area contributed by atoms with Crippen LogP contribution in [-0.2, 0) is 4.79 Å². The Morgan fingerprint density at radius 2 is 1.90 bits per heavy atom. The molecular formula is C22H20N6O3. The molecule has 9 nitrogen and oxygen atoms in total. The summed E-state index contributed by atoms with van der Waals surface area (Å²) in [5.74, 6) is 0.588. The number of H-pyrrole nitrogens is 1. The smallest absolute Gasteiger partial charge is 0.408 e. The highest BCUT2D eigenvalue weighted by molar-refractivity contribution is 5.79.